The molecule has 6 heteroatoms. The van der Waals surface area contributed by atoms with Gasteiger partial charge in [0.2, 0.25) is 5.91 Å². The van der Waals surface area contributed by atoms with Crippen molar-refractivity contribution >= 4 is 35.2 Å². The smallest absolute Gasteiger partial charge is 0.246 e. The first-order valence-electron chi connectivity index (χ1n) is 8.03. The zero-order valence-electron chi connectivity index (χ0n) is 15.0. The molecule has 0 aromatic heterocycles. The van der Waals surface area contributed by atoms with E-state index in [9.17, 15) is 4.79 Å². The van der Waals surface area contributed by atoms with E-state index in [2.05, 4.69) is 0 Å². The molecule has 0 heterocycles. The van der Waals surface area contributed by atoms with Crippen molar-refractivity contribution in [3.63, 3.8) is 0 Å². The molecule has 0 radical (unpaired) electrons. The summed E-state index contributed by atoms with van der Waals surface area (Å²) in [5.41, 5.74) is 1.89. The van der Waals surface area contributed by atoms with Crippen molar-refractivity contribution in [2.45, 2.75) is 6.42 Å². The van der Waals surface area contributed by atoms with Gasteiger partial charge >= 0.3 is 0 Å². The van der Waals surface area contributed by atoms with Gasteiger partial charge in [-0.15, -0.1) is 0 Å². The van der Waals surface area contributed by atoms with Gasteiger partial charge < -0.3 is 14.4 Å². The molecule has 0 saturated heterocycles. The van der Waals surface area contributed by atoms with Crippen LogP contribution in [0.3, 0.4) is 0 Å². The minimum atomic E-state index is -0.0865. The zero-order chi connectivity index (χ0) is 19.1. The van der Waals surface area contributed by atoms with E-state index in [0.717, 1.165) is 11.1 Å². The van der Waals surface area contributed by atoms with Gasteiger partial charge in [-0.25, -0.2) is 0 Å². The quantitative estimate of drug-likeness (QED) is 0.638. The third-order valence-corrected chi connectivity index (χ3v) is 4.66. The third-order valence-electron chi connectivity index (χ3n) is 3.92. The Morgan fingerprint density at radius 3 is 2.42 bits per heavy atom. The third kappa shape index (κ3) is 5.41. The monoisotopic (exact) mass is 393 g/mol. The number of amides is 1. The Morgan fingerprint density at radius 2 is 1.77 bits per heavy atom. The summed E-state index contributed by atoms with van der Waals surface area (Å²) in [5, 5.41) is 0.949. The highest BCUT2D eigenvalue weighted by Crippen LogP contribution is 2.27. The maximum absolute atomic E-state index is 12.2. The second-order valence-electron chi connectivity index (χ2n) is 5.71. The molecule has 0 saturated carbocycles. The fourth-order valence-corrected chi connectivity index (χ4v) is 2.66. The van der Waals surface area contributed by atoms with Crippen LogP contribution in [-0.4, -0.2) is 38.6 Å². The molecular formula is C20H21Cl2NO3. The maximum atomic E-state index is 12.2. The van der Waals surface area contributed by atoms with Crippen LogP contribution < -0.4 is 9.47 Å². The minimum Gasteiger partial charge on any atom is -0.493 e. The van der Waals surface area contributed by atoms with Crippen molar-refractivity contribution in [1.82, 2.24) is 4.90 Å². The van der Waals surface area contributed by atoms with Gasteiger partial charge in [0.1, 0.15) is 0 Å². The lowest BCUT2D eigenvalue weighted by molar-refractivity contribution is -0.124. The van der Waals surface area contributed by atoms with Gasteiger partial charge in [-0.2, -0.15) is 0 Å². The molecule has 4 nitrogen and oxygen atoms in total. The van der Waals surface area contributed by atoms with Crippen LogP contribution in [0, 0.1) is 0 Å². The number of hydrogen-bond donors (Lipinski definition) is 0. The number of rotatable bonds is 7. The van der Waals surface area contributed by atoms with Gasteiger partial charge in [-0.1, -0.05) is 35.3 Å². The molecule has 1 amide bonds. The summed E-state index contributed by atoms with van der Waals surface area (Å²) in [6.45, 7) is 0.583. The topological polar surface area (TPSA) is 38.8 Å². The van der Waals surface area contributed by atoms with Crippen LogP contribution in [0.25, 0.3) is 6.08 Å². The van der Waals surface area contributed by atoms with Gasteiger partial charge in [0.25, 0.3) is 0 Å². The fourth-order valence-electron chi connectivity index (χ4n) is 2.35. The highest BCUT2D eigenvalue weighted by molar-refractivity contribution is 6.42. The molecule has 0 N–H and O–H groups in total. The lowest BCUT2D eigenvalue weighted by Gasteiger charge is -2.16. The van der Waals surface area contributed by atoms with Crippen LogP contribution in [0.4, 0.5) is 0 Å². The SMILES string of the molecule is COc1ccc(CCN(C)C(=O)/C=C/c2ccc(Cl)c(Cl)c2)cc1OC. The first-order valence-corrected chi connectivity index (χ1v) is 8.79. The van der Waals surface area contributed by atoms with Gasteiger partial charge in [0.15, 0.2) is 11.5 Å². The van der Waals surface area contributed by atoms with E-state index in [4.69, 9.17) is 32.7 Å². The molecule has 2 rings (SSSR count). The summed E-state index contributed by atoms with van der Waals surface area (Å²) in [7, 11) is 4.97. The zero-order valence-corrected chi connectivity index (χ0v) is 16.5. The highest BCUT2D eigenvalue weighted by atomic mass is 35.5. The van der Waals surface area contributed by atoms with E-state index in [1.165, 1.54) is 6.08 Å². The molecule has 138 valence electrons. The Kier molecular flexibility index (Phi) is 7.37. The largest absolute Gasteiger partial charge is 0.493 e. The van der Waals surface area contributed by atoms with Crippen molar-refractivity contribution < 1.29 is 14.3 Å². The molecule has 26 heavy (non-hydrogen) atoms. The lowest BCUT2D eigenvalue weighted by atomic mass is 10.1. The standard InChI is InChI=1S/C20H21Cl2NO3/c1-23(11-10-15-5-8-18(25-2)19(13-15)26-3)20(24)9-6-14-4-7-16(21)17(22)12-14/h4-9,12-13H,10-11H2,1-3H3/b9-6+. The molecule has 0 unspecified atom stereocenters. The summed E-state index contributed by atoms with van der Waals surface area (Å²) in [6.07, 6.45) is 3.95. The number of nitrogens with zero attached hydrogens (tertiary/aromatic N) is 1. The fraction of sp³-hybridized carbons (Fsp3) is 0.250. The summed E-state index contributed by atoms with van der Waals surface area (Å²) < 4.78 is 10.5. The van der Waals surface area contributed by atoms with Gasteiger partial charge in [0.05, 0.1) is 24.3 Å². The number of ether oxygens (including phenoxy) is 2. The molecule has 0 bridgehead atoms. The maximum Gasteiger partial charge on any atom is 0.246 e. The minimum absolute atomic E-state index is 0.0865. The van der Waals surface area contributed by atoms with Gasteiger partial charge in [0, 0.05) is 19.7 Å². The Balaban J connectivity index is 1.94. The van der Waals surface area contributed by atoms with Crippen LogP contribution >= 0.6 is 23.2 Å². The normalized spacial score (nSPS) is 10.8. The molecule has 2 aromatic rings. The highest BCUT2D eigenvalue weighted by Gasteiger charge is 2.08. The van der Waals surface area contributed by atoms with Crippen LogP contribution in [0.5, 0.6) is 11.5 Å². The number of hydrogen-bond acceptors (Lipinski definition) is 3. The first kappa shape index (κ1) is 20.1. The van der Waals surface area contributed by atoms with Crippen molar-refractivity contribution in [2.75, 3.05) is 27.8 Å². The van der Waals surface area contributed by atoms with Crippen molar-refractivity contribution in [1.29, 1.82) is 0 Å². The van der Waals surface area contributed by atoms with Crippen LogP contribution in [0.15, 0.2) is 42.5 Å². The van der Waals surface area contributed by atoms with E-state index in [1.807, 2.05) is 24.3 Å². The summed E-state index contributed by atoms with van der Waals surface area (Å²) in [5.74, 6) is 1.28. The van der Waals surface area contributed by atoms with Crippen LogP contribution in [0.1, 0.15) is 11.1 Å². The van der Waals surface area contributed by atoms with Crippen LogP contribution in [0.2, 0.25) is 10.0 Å². The predicted molar refractivity (Wildman–Crippen MR) is 106 cm³/mol. The molecule has 2 aromatic carbocycles. The van der Waals surface area contributed by atoms with E-state index < -0.39 is 0 Å². The lowest BCUT2D eigenvalue weighted by Crippen LogP contribution is -2.27. The number of benzene rings is 2. The number of carbonyl (C=O) groups excluding carboxylic acids is 1. The number of carbonyl (C=O) groups is 1. The molecule has 0 spiro atoms. The number of methoxy groups -OCH3 is 2. The van der Waals surface area contributed by atoms with Crippen molar-refractivity contribution in [3.05, 3.63) is 63.6 Å². The predicted octanol–water partition coefficient (Wildman–Crippen LogP) is 4.72. The summed E-state index contributed by atoms with van der Waals surface area (Å²) >= 11 is 11.9. The average molecular weight is 394 g/mol. The molecule has 0 aliphatic heterocycles. The Hall–Kier alpha value is -2.17. The van der Waals surface area contributed by atoms with Crippen molar-refractivity contribution in [2.24, 2.45) is 0 Å². The van der Waals surface area contributed by atoms with E-state index in [1.54, 1.807) is 44.4 Å². The Labute approximate surface area is 163 Å². The molecule has 0 aliphatic carbocycles. The van der Waals surface area contributed by atoms with E-state index >= 15 is 0 Å². The summed E-state index contributed by atoms with van der Waals surface area (Å²) in [6, 6.07) is 11.0. The van der Waals surface area contributed by atoms with E-state index in [0.29, 0.717) is 34.5 Å². The van der Waals surface area contributed by atoms with Gasteiger partial charge in [-0.3, -0.25) is 4.79 Å². The number of halogens is 2. The Bertz CT molecular complexity index is 806. The molecule has 0 aliphatic rings. The molecular weight excluding hydrogens is 373 g/mol. The van der Waals surface area contributed by atoms with Gasteiger partial charge in [-0.05, 0) is 47.9 Å². The number of likely N-dealkylation sites (N-methyl/N-ethyl adjacent to an activating group) is 1. The Morgan fingerprint density at radius 1 is 1.04 bits per heavy atom. The molecule has 0 atom stereocenters. The molecule has 0 fully saturated rings. The first-order chi connectivity index (χ1) is 12.4. The van der Waals surface area contributed by atoms with Crippen LogP contribution in [-0.2, 0) is 11.2 Å². The summed E-state index contributed by atoms with van der Waals surface area (Å²) in [4.78, 5) is 13.9. The average Bonchev–Trinajstić information content (AvgIpc) is 2.66. The second kappa shape index (κ2) is 9.51. The van der Waals surface area contributed by atoms with E-state index in [-0.39, 0.29) is 5.91 Å². The second-order valence-corrected chi connectivity index (χ2v) is 6.52. The van der Waals surface area contributed by atoms with Crippen molar-refractivity contribution in [3.8, 4) is 11.5 Å².